The van der Waals surface area contributed by atoms with Crippen molar-refractivity contribution in [2.75, 3.05) is 51.3 Å². The van der Waals surface area contributed by atoms with Crippen molar-refractivity contribution in [3.05, 3.63) is 29.8 Å². The van der Waals surface area contributed by atoms with Gasteiger partial charge in [-0.2, -0.15) is 0 Å². The molecule has 126 valence electrons. The van der Waals surface area contributed by atoms with Crippen LogP contribution in [0.4, 0.5) is 5.69 Å². The van der Waals surface area contributed by atoms with Crippen molar-refractivity contribution in [1.82, 2.24) is 9.80 Å². The summed E-state index contributed by atoms with van der Waals surface area (Å²) in [6.07, 6.45) is 2.30. The molecule has 0 unspecified atom stereocenters. The molecule has 2 saturated heterocycles. The average molecular weight is 317 g/mol. The predicted octanol–water partition coefficient (Wildman–Crippen LogP) is 1.73. The summed E-state index contributed by atoms with van der Waals surface area (Å²) >= 11 is 0. The number of morpholine rings is 1. The molecule has 23 heavy (non-hydrogen) atoms. The van der Waals surface area contributed by atoms with E-state index in [2.05, 4.69) is 15.1 Å². The topological polar surface area (TPSA) is 44.8 Å². The van der Waals surface area contributed by atoms with Gasteiger partial charge in [-0.25, -0.2) is 0 Å². The molecule has 0 aromatic heterocycles. The highest BCUT2D eigenvalue weighted by Gasteiger charge is 2.26. The number of amides is 1. The van der Waals surface area contributed by atoms with E-state index in [1.807, 2.05) is 31.2 Å². The highest BCUT2D eigenvalue weighted by Crippen LogP contribution is 2.18. The zero-order valence-electron chi connectivity index (χ0n) is 14.0. The lowest BCUT2D eigenvalue weighted by Gasteiger charge is -2.39. The Labute approximate surface area is 138 Å². The monoisotopic (exact) mass is 317 g/mol. The lowest BCUT2D eigenvalue weighted by Crippen LogP contribution is -2.50. The van der Waals surface area contributed by atoms with Gasteiger partial charge < -0.3 is 10.1 Å². The number of hydrogen-bond acceptors (Lipinski definition) is 4. The van der Waals surface area contributed by atoms with Gasteiger partial charge in [0.1, 0.15) is 0 Å². The Morgan fingerprint density at radius 1 is 1.22 bits per heavy atom. The molecule has 3 rings (SSSR count). The largest absolute Gasteiger partial charge is 0.379 e. The Kier molecular flexibility index (Phi) is 5.65. The number of ether oxygens (including phenoxy) is 1. The summed E-state index contributed by atoms with van der Waals surface area (Å²) in [6, 6.07) is 8.61. The molecule has 0 aliphatic carbocycles. The Morgan fingerprint density at radius 3 is 2.65 bits per heavy atom. The molecular formula is C18H27N3O2. The number of anilines is 1. The molecule has 2 heterocycles. The maximum absolute atomic E-state index is 12.2. The fraction of sp³-hybridized carbons (Fsp3) is 0.611. The maximum Gasteiger partial charge on any atom is 0.238 e. The van der Waals surface area contributed by atoms with E-state index in [0.717, 1.165) is 63.5 Å². The zero-order valence-corrected chi connectivity index (χ0v) is 14.0. The van der Waals surface area contributed by atoms with Crippen LogP contribution in [0.3, 0.4) is 0 Å². The summed E-state index contributed by atoms with van der Waals surface area (Å²) in [5.41, 5.74) is 2.05. The van der Waals surface area contributed by atoms with Crippen molar-refractivity contribution in [3.8, 4) is 0 Å². The van der Waals surface area contributed by atoms with E-state index in [1.165, 1.54) is 0 Å². The van der Waals surface area contributed by atoms with E-state index in [4.69, 9.17) is 4.74 Å². The van der Waals surface area contributed by atoms with Gasteiger partial charge in [-0.05, 0) is 37.5 Å². The van der Waals surface area contributed by atoms with Crippen LogP contribution in [0.25, 0.3) is 0 Å². The van der Waals surface area contributed by atoms with Crippen LogP contribution in [0.2, 0.25) is 0 Å². The second-order valence-electron chi connectivity index (χ2n) is 6.57. The molecule has 0 atom stereocenters. The van der Waals surface area contributed by atoms with E-state index in [1.54, 1.807) is 0 Å². The van der Waals surface area contributed by atoms with Crippen LogP contribution in [0.1, 0.15) is 18.4 Å². The molecule has 2 fully saturated rings. The molecule has 2 aliphatic heterocycles. The molecule has 1 aromatic rings. The smallest absolute Gasteiger partial charge is 0.238 e. The molecule has 0 saturated carbocycles. The number of benzene rings is 1. The summed E-state index contributed by atoms with van der Waals surface area (Å²) < 4.78 is 5.42. The number of likely N-dealkylation sites (tertiary alicyclic amines) is 1. The number of piperidine rings is 1. The average Bonchev–Trinajstić information content (AvgIpc) is 2.56. The summed E-state index contributed by atoms with van der Waals surface area (Å²) in [5, 5.41) is 3.00. The van der Waals surface area contributed by atoms with E-state index in [0.29, 0.717) is 12.6 Å². The number of carbonyl (C=O) groups is 1. The summed E-state index contributed by atoms with van der Waals surface area (Å²) in [6.45, 7) is 8.36. The van der Waals surface area contributed by atoms with Crippen LogP contribution in [0.15, 0.2) is 24.3 Å². The van der Waals surface area contributed by atoms with Crippen LogP contribution in [-0.2, 0) is 9.53 Å². The third kappa shape index (κ3) is 4.77. The van der Waals surface area contributed by atoms with Gasteiger partial charge in [0.2, 0.25) is 5.91 Å². The van der Waals surface area contributed by atoms with Crippen LogP contribution in [0.5, 0.6) is 0 Å². The van der Waals surface area contributed by atoms with Crippen molar-refractivity contribution in [2.45, 2.75) is 25.8 Å². The van der Waals surface area contributed by atoms with Crippen LogP contribution in [-0.4, -0.2) is 67.7 Å². The lowest BCUT2D eigenvalue weighted by molar-refractivity contribution is -0.117. The Bertz CT molecular complexity index is 521. The second kappa shape index (κ2) is 7.90. The van der Waals surface area contributed by atoms with E-state index >= 15 is 0 Å². The molecule has 5 heteroatoms. The SMILES string of the molecule is Cc1cccc(NC(=O)CN2CCC(N3CCOCC3)CC2)c1. The van der Waals surface area contributed by atoms with Crippen molar-refractivity contribution in [2.24, 2.45) is 0 Å². The first-order valence-corrected chi connectivity index (χ1v) is 8.61. The number of aryl methyl sites for hydroxylation is 1. The Balaban J connectivity index is 1.42. The first kappa shape index (κ1) is 16.4. The van der Waals surface area contributed by atoms with Gasteiger partial charge in [0.05, 0.1) is 19.8 Å². The van der Waals surface area contributed by atoms with Gasteiger partial charge in [0.15, 0.2) is 0 Å². The standard InChI is InChI=1S/C18H27N3O2/c1-15-3-2-4-16(13-15)19-18(22)14-20-7-5-17(6-8-20)21-9-11-23-12-10-21/h2-4,13,17H,5-12,14H2,1H3,(H,19,22). The number of hydrogen-bond donors (Lipinski definition) is 1. The van der Waals surface area contributed by atoms with Crippen molar-refractivity contribution >= 4 is 11.6 Å². The fourth-order valence-corrected chi connectivity index (χ4v) is 3.51. The predicted molar refractivity (Wildman–Crippen MR) is 91.7 cm³/mol. The number of carbonyl (C=O) groups excluding carboxylic acids is 1. The highest BCUT2D eigenvalue weighted by atomic mass is 16.5. The van der Waals surface area contributed by atoms with Crippen LogP contribution < -0.4 is 5.32 Å². The van der Waals surface area contributed by atoms with Gasteiger partial charge >= 0.3 is 0 Å². The maximum atomic E-state index is 12.2. The zero-order chi connectivity index (χ0) is 16.1. The van der Waals surface area contributed by atoms with Crippen LogP contribution in [0, 0.1) is 6.92 Å². The van der Waals surface area contributed by atoms with Crippen molar-refractivity contribution in [1.29, 1.82) is 0 Å². The van der Waals surface area contributed by atoms with Gasteiger partial charge in [-0.1, -0.05) is 12.1 Å². The normalized spacial score (nSPS) is 21.3. The van der Waals surface area contributed by atoms with Crippen LogP contribution >= 0.6 is 0 Å². The van der Waals surface area contributed by atoms with E-state index < -0.39 is 0 Å². The molecule has 1 aromatic carbocycles. The quantitative estimate of drug-likeness (QED) is 0.918. The highest BCUT2D eigenvalue weighted by molar-refractivity contribution is 5.92. The number of rotatable bonds is 4. The molecule has 0 radical (unpaired) electrons. The van der Waals surface area contributed by atoms with Gasteiger partial charge in [0.25, 0.3) is 0 Å². The van der Waals surface area contributed by atoms with Crippen molar-refractivity contribution < 1.29 is 9.53 Å². The molecule has 1 amide bonds. The minimum absolute atomic E-state index is 0.0837. The molecule has 0 bridgehead atoms. The molecule has 1 N–H and O–H groups in total. The second-order valence-corrected chi connectivity index (χ2v) is 6.57. The first-order chi connectivity index (χ1) is 11.2. The molecular weight excluding hydrogens is 290 g/mol. The molecule has 5 nitrogen and oxygen atoms in total. The number of nitrogens with zero attached hydrogens (tertiary/aromatic N) is 2. The Morgan fingerprint density at radius 2 is 1.96 bits per heavy atom. The summed E-state index contributed by atoms with van der Waals surface area (Å²) in [5.74, 6) is 0.0837. The van der Waals surface area contributed by atoms with Crippen molar-refractivity contribution in [3.63, 3.8) is 0 Å². The Hall–Kier alpha value is -1.43. The van der Waals surface area contributed by atoms with Gasteiger partial charge in [-0.15, -0.1) is 0 Å². The molecule has 2 aliphatic rings. The third-order valence-corrected chi connectivity index (χ3v) is 4.79. The number of nitrogens with one attached hydrogen (secondary N) is 1. The summed E-state index contributed by atoms with van der Waals surface area (Å²) in [7, 11) is 0. The third-order valence-electron chi connectivity index (χ3n) is 4.79. The van der Waals surface area contributed by atoms with Gasteiger partial charge in [0, 0.05) is 37.9 Å². The minimum Gasteiger partial charge on any atom is -0.379 e. The summed E-state index contributed by atoms with van der Waals surface area (Å²) in [4.78, 5) is 17.0. The van der Waals surface area contributed by atoms with E-state index in [-0.39, 0.29) is 5.91 Å². The van der Waals surface area contributed by atoms with E-state index in [9.17, 15) is 4.79 Å². The van der Waals surface area contributed by atoms with Gasteiger partial charge in [-0.3, -0.25) is 14.6 Å². The first-order valence-electron chi connectivity index (χ1n) is 8.61. The lowest BCUT2D eigenvalue weighted by atomic mass is 10.0. The fourth-order valence-electron chi connectivity index (χ4n) is 3.51. The minimum atomic E-state index is 0.0837. The molecule has 0 spiro atoms.